The van der Waals surface area contributed by atoms with Crippen molar-refractivity contribution in [2.24, 2.45) is 0 Å². The van der Waals surface area contributed by atoms with Crippen molar-refractivity contribution in [2.45, 2.75) is 303 Å². The first-order valence-corrected chi connectivity index (χ1v) is 31.9. The van der Waals surface area contributed by atoms with Crippen LogP contribution < -0.4 is 0 Å². The van der Waals surface area contributed by atoms with Crippen LogP contribution in [0.2, 0.25) is 0 Å². The lowest BCUT2D eigenvalue weighted by atomic mass is 10.0. The Labute approximate surface area is 470 Å². The molecule has 6 nitrogen and oxygen atoms in total. The summed E-state index contributed by atoms with van der Waals surface area (Å²) in [6.45, 7) is 6.50. The van der Waals surface area contributed by atoms with E-state index in [9.17, 15) is 14.4 Å². The van der Waals surface area contributed by atoms with Crippen LogP contribution in [0.25, 0.3) is 0 Å². The molecule has 0 aromatic heterocycles. The van der Waals surface area contributed by atoms with Gasteiger partial charge in [-0.05, 0) is 109 Å². The van der Waals surface area contributed by atoms with E-state index < -0.39 is 6.10 Å². The summed E-state index contributed by atoms with van der Waals surface area (Å²) in [5.74, 6) is -0.914. The second-order valence-corrected chi connectivity index (χ2v) is 20.9. The fourth-order valence-electron chi connectivity index (χ4n) is 8.75. The predicted octanol–water partition coefficient (Wildman–Crippen LogP) is 21.8. The number of rotatable bonds is 57. The molecule has 0 N–H and O–H groups in total. The average Bonchev–Trinajstić information content (AvgIpc) is 3.42. The van der Waals surface area contributed by atoms with Crippen molar-refractivity contribution in [2.75, 3.05) is 13.2 Å². The van der Waals surface area contributed by atoms with Crippen LogP contribution in [0.3, 0.4) is 0 Å². The topological polar surface area (TPSA) is 78.9 Å². The van der Waals surface area contributed by atoms with Gasteiger partial charge < -0.3 is 14.2 Å². The summed E-state index contributed by atoms with van der Waals surface area (Å²) in [7, 11) is 0. The van der Waals surface area contributed by atoms with Gasteiger partial charge in [0.15, 0.2) is 6.10 Å². The quantitative estimate of drug-likeness (QED) is 0.0261. The third kappa shape index (κ3) is 60.9. The van der Waals surface area contributed by atoms with Gasteiger partial charge in [0.2, 0.25) is 0 Å². The molecule has 0 fully saturated rings. The Kier molecular flexibility index (Phi) is 60.3. The van der Waals surface area contributed by atoms with E-state index in [0.717, 1.165) is 128 Å². The van der Waals surface area contributed by atoms with E-state index in [2.05, 4.69) is 130 Å². The first-order chi connectivity index (χ1) is 37.5. The highest BCUT2D eigenvalue weighted by Crippen LogP contribution is 2.16. The van der Waals surface area contributed by atoms with Gasteiger partial charge in [-0.1, -0.05) is 278 Å². The van der Waals surface area contributed by atoms with Crippen LogP contribution in [0, 0.1) is 0 Å². The van der Waals surface area contributed by atoms with Crippen molar-refractivity contribution in [3.8, 4) is 0 Å². The summed E-state index contributed by atoms with van der Waals surface area (Å²) in [6, 6.07) is 0. The molecular formula is C70H118O6. The zero-order valence-electron chi connectivity index (χ0n) is 49.7. The smallest absolute Gasteiger partial charge is 0.306 e. The number of hydrogen-bond acceptors (Lipinski definition) is 6. The first kappa shape index (κ1) is 72.1. The molecule has 0 rings (SSSR count). The molecule has 0 aliphatic rings. The van der Waals surface area contributed by atoms with Crippen molar-refractivity contribution in [3.63, 3.8) is 0 Å². The molecule has 0 aromatic carbocycles. The molecule has 76 heavy (non-hydrogen) atoms. The van der Waals surface area contributed by atoms with E-state index in [-0.39, 0.29) is 31.1 Å². The van der Waals surface area contributed by atoms with Gasteiger partial charge in [0, 0.05) is 19.3 Å². The van der Waals surface area contributed by atoms with Gasteiger partial charge in [-0.15, -0.1) is 0 Å². The van der Waals surface area contributed by atoms with Crippen molar-refractivity contribution in [3.05, 3.63) is 109 Å². The number of unbranched alkanes of at least 4 members (excludes halogenated alkanes) is 28. The molecular weight excluding hydrogens is 937 g/mol. The molecule has 0 aliphatic carbocycles. The lowest BCUT2D eigenvalue weighted by molar-refractivity contribution is -0.167. The molecule has 0 aliphatic heterocycles. The van der Waals surface area contributed by atoms with Crippen LogP contribution in [-0.2, 0) is 28.6 Å². The Morgan fingerprint density at radius 1 is 0.276 bits per heavy atom. The van der Waals surface area contributed by atoms with Crippen LogP contribution in [0.1, 0.15) is 297 Å². The number of esters is 3. The molecule has 0 heterocycles. The number of allylic oxidation sites excluding steroid dienone is 18. The summed E-state index contributed by atoms with van der Waals surface area (Å²) >= 11 is 0. The highest BCUT2D eigenvalue weighted by atomic mass is 16.6. The van der Waals surface area contributed by atoms with Gasteiger partial charge in [-0.25, -0.2) is 0 Å². The molecule has 1 unspecified atom stereocenters. The molecule has 0 bridgehead atoms. The molecule has 0 saturated heterocycles. The van der Waals surface area contributed by atoms with E-state index in [1.165, 1.54) is 128 Å². The number of carbonyl (C=O) groups is 3. The van der Waals surface area contributed by atoms with Crippen LogP contribution >= 0.6 is 0 Å². The van der Waals surface area contributed by atoms with E-state index in [0.29, 0.717) is 19.3 Å². The highest BCUT2D eigenvalue weighted by Gasteiger charge is 2.19. The van der Waals surface area contributed by atoms with E-state index in [4.69, 9.17) is 14.2 Å². The second-order valence-electron chi connectivity index (χ2n) is 20.9. The van der Waals surface area contributed by atoms with Gasteiger partial charge in [0.25, 0.3) is 0 Å². The average molecular weight is 1060 g/mol. The molecule has 434 valence electrons. The van der Waals surface area contributed by atoms with Gasteiger partial charge in [-0.3, -0.25) is 14.4 Å². The monoisotopic (exact) mass is 1050 g/mol. The molecule has 1 atom stereocenters. The molecule has 0 amide bonds. The Morgan fingerprint density at radius 3 is 0.829 bits per heavy atom. The summed E-state index contributed by atoms with van der Waals surface area (Å²) in [5, 5.41) is 0. The lowest BCUT2D eigenvalue weighted by Crippen LogP contribution is -2.30. The third-order valence-electron chi connectivity index (χ3n) is 13.5. The zero-order chi connectivity index (χ0) is 55.0. The van der Waals surface area contributed by atoms with Gasteiger partial charge in [0.05, 0.1) is 0 Å². The lowest BCUT2D eigenvalue weighted by Gasteiger charge is -2.18. The minimum atomic E-state index is -0.792. The van der Waals surface area contributed by atoms with Crippen LogP contribution in [0.4, 0.5) is 0 Å². The second kappa shape index (κ2) is 63.6. The van der Waals surface area contributed by atoms with Crippen LogP contribution in [-0.4, -0.2) is 37.2 Å². The summed E-state index contributed by atoms with van der Waals surface area (Å²) in [5.41, 5.74) is 0. The minimum absolute atomic E-state index is 0.0889. The van der Waals surface area contributed by atoms with Crippen molar-refractivity contribution >= 4 is 17.9 Å². The first-order valence-electron chi connectivity index (χ1n) is 31.9. The highest BCUT2D eigenvalue weighted by molar-refractivity contribution is 5.71. The Bertz CT molecular complexity index is 1540. The third-order valence-corrected chi connectivity index (χ3v) is 13.5. The Balaban J connectivity index is 4.36. The summed E-state index contributed by atoms with van der Waals surface area (Å²) in [4.78, 5) is 38.3. The maximum Gasteiger partial charge on any atom is 0.306 e. The van der Waals surface area contributed by atoms with Crippen LogP contribution in [0.15, 0.2) is 109 Å². The van der Waals surface area contributed by atoms with E-state index >= 15 is 0 Å². The Hall–Kier alpha value is -3.93. The van der Waals surface area contributed by atoms with Gasteiger partial charge >= 0.3 is 17.9 Å². The van der Waals surface area contributed by atoms with Crippen molar-refractivity contribution in [1.82, 2.24) is 0 Å². The van der Waals surface area contributed by atoms with Crippen LogP contribution in [0.5, 0.6) is 0 Å². The normalized spacial score (nSPS) is 12.8. The Morgan fingerprint density at radius 2 is 0.513 bits per heavy atom. The molecule has 6 heteroatoms. The molecule has 0 aromatic rings. The molecule has 0 saturated carbocycles. The molecule has 0 radical (unpaired) electrons. The molecule has 0 spiro atoms. The van der Waals surface area contributed by atoms with E-state index in [1.807, 2.05) is 0 Å². The number of carbonyl (C=O) groups excluding carboxylic acids is 3. The maximum absolute atomic E-state index is 12.9. The standard InChI is InChI=1S/C70H118O6/c1-4-7-10-13-16-19-22-25-27-29-30-31-32-33-34-35-36-37-38-39-40-41-43-45-48-51-54-57-60-63-69(72)75-66-67(65-74-68(71)62-59-56-53-50-47-44-24-21-18-15-12-9-6-3)76-70(73)64-61-58-55-52-49-46-42-28-26-23-20-17-14-11-8-5-2/h7,10,16,19,21,24-25,27,30-31,33-34,36-37,39-40,43,45,67H,4-6,8-9,11-15,17-18,20,22-23,26,28-29,32,35,38,41-42,44,46-66H2,1-3H3/b10-7-,19-16-,24-21-,27-25-,31-30-,34-33-,37-36-,40-39-,45-43-. The fourth-order valence-corrected chi connectivity index (χ4v) is 8.75. The predicted molar refractivity (Wildman–Crippen MR) is 330 cm³/mol. The number of hydrogen-bond donors (Lipinski definition) is 0. The largest absolute Gasteiger partial charge is 0.462 e. The van der Waals surface area contributed by atoms with Crippen molar-refractivity contribution < 1.29 is 28.6 Å². The summed E-state index contributed by atoms with van der Waals surface area (Å²) < 4.78 is 16.9. The van der Waals surface area contributed by atoms with Gasteiger partial charge in [-0.2, -0.15) is 0 Å². The maximum atomic E-state index is 12.9. The van der Waals surface area contributed by atoms with Gasteiger partial charge in [0.1, 0.15) is 13.2 Å². The number of ether oxygens (including phenoxy) is 3. The van der Waals surface area contributed by atoms with E-state index in [1.54, 1.807) is 0 Å². The summed E-state index contributed by atoms with van der Waals surface area (Å²) in [6.07, 6.45) is 86.6. The zero-order valence-corrected chi connectivity index (χ0v) is 49.7. The fraction of sp³-hybridized carbons (Fsp3) is 0.700. The van der Waals surface area contributed by atoms with Crippen molar-refractivity contribution in [1.29, 1.82) is 0 Å². The SMILES string of the molecule is CC/C=C\C/C=C\C/C=C\C/C=C\C/C=C\C/C=C\C/C=C\C/C=C\CCCCCCC(=O)OCC(COC(=O)CCCCCCC/C=C\CCCCCC)OC(=O)CCCCCCCCCCCCCCCCCC. The minimum Gasteiger partial charge on any atom is -0.462 e.